The molecule has 0 aliphatic heterocycles. The van der Waals surface area contributed by atoms with Crippen molar-refractivity contribution in [3.8, 4) is 6.07 Å². The third-order valence-corrected chi connectivity index (χ3v) is 3.86. The van der Waals surface area contributed by atoms with E-state index in [0.717, 1.165) is 6.07 Å². The molecule has 0 atom stereocenters. The van der Waals surface area contributed by atoms with Crippen LogP contribution in [0.15, 0.2) is 36.4 Å². The molecule has 0 aliphatic carbocycles. The Kier molecular flexibility index (Phi) is 7.74. The van der Waals surface area contributed by atoms with Crippen LogP contribution in [0.5, 0.6) is 0 Å². The van der Waals surface area contributed by atoms with Gasteiger partial charge in [-0.15, -0.1) is 0 Å². The molecule has 2 amide bonds. The van der Waals surface area contributed by atoms with Crippen LogP contribution in [0.2, 0.25) is 0 Å². The van der Waals surface area contributed by atoms with Gasteiger partial charge in [-0.3, -0.25) is 14.5 Å². The summed E-state index contributed by atoms with van der Waals surface area (Å²) >= 11 is 0. The zero-order chi connectivity index (χ0) is 21.4. The van der Waals surface area contributed by atoms with Crippen molar-refractivity contribution in [2.75, 3.05) is 30.3 Å². The monoisotopic (exact) mass is 404 g/mol. The molecule has 0 bridgehead atoms. The van der Waals surface area contributed by atoms with E-state index in [4.69, 9.17) is 5.26 Å². The lowest BCUT2D eigenvalue weighted by Crippen LogP contribution is -2.39. The standard InChI is InChI=1S/C20H19F3N4O2/c1-2-8-27(11-17(28)25-14-5-3-4-13(9-14)10-24)12-18(29)26-16-7-6-15(21)19(22)20(16)23/h3-7,9H,2,8,11-12H2,1H3,(H,25,28)(H,26,29). The van der Waals surface area contributed by atoms with Crippen molar-refractivity contribution < 1.29 is 22.8 Å². The molecule has 0 aliphatic rings. The van der Waals surface area contributed by atoms with Gasteiger partial charge in [-0.2, -0.15) is 5.26 Å². The minimum absolute atomic E-state index is 0.127. The zero-order valence-corrected chi connectivity index (χ0v) is 15.6. The van der Waals surface area contributed by atoms with Gasteiger partial charge in [-0.25, -0.2) is 13.2 Å². The quantitative estimate of drug-likeness (QED) is 0.662. The average Bonchev–Trinajstić information content (AvgIpc) is 2.68. The normalized spacial score (nSPS) is 10.5. The lowest BCUT2D eigenvalue weighted by Gasteiger charge is -2.20. The number of nitrogens with zero attached hydrogens (tertiary/aromatic N) is 2. The molecule has 0 saturated heterocycles. The summed E-state index contributed by atoms with van der Waals surface area (Å²) < 4.78 is 39.9. The minimum Gasteiger partial charge on any atom is -0.325 e. The zero-order valence-electron chi connectivity index (χ0n) is 15.6. The maximum Gasteiger partial charge on any atom is 0.238 e. The highest BCUT2D eigenvalue weighted by molar-refractivity contribution is 5.94. The summed E-state index contributed by atoms with van der Waals surface area (Å²) in [4.78, 5) is 25.9. The Balaban J connectivity index is 1.98. The van der Waals surface area contributed by atoms with Gasteiger partial charge in [-0.05, 0) is 43.3 Å². The van der Waals surface area contributed by atoms with Crippen molar-refractivity contribution in [2.24, 2.45) is 0 Å². The molecule has 0 unspecified atom stereocenters. The number of amides is 2. The number of nitriles is 1. The molecule has 9 heteroatoms. The van der Waals surface area contributed by atoms with Crippen LogP contribution >= 0.6 is 0 Å². The van der Waals surface area contributed by atoms with E-state index in [9.17, 15) is 22.8 Å². The van der Waals surface area contributed by atoms with Crippen molar-refractivity contribution >= 4 is 23.2 Å². The minimum atomic E-state index is -1.67. The van der Waals surface area contributed by atoms with Gasteiger partial charge < -0.3 is 10.6 Å². The molecule has 6 nitrogen and oxygen atoms in total. The van der Waals surface area contributed by atoms with Crippen molar-refractivity contribution in [1.82, 2.24) is 4.90 Å². The molecule has 0 heterocycles. The summed E-state index contributed by atoms with van der Waals surface area (Å²) in [6, 6.07) is 9.96. The highest BCUT2D eigenvalue weighted by Gasteiger charge is 2.18. The number of hydrogen-bond acceptors (Lipinski definition) is 4. The summed E-state index contributed by atoms with van der Waals surface area (Å²) in [5.41, 5.74) is 0.350. The highest BCUT2D eigenvalue weighted by Crippen LogP contribution is 2.19. The van der Waals surface area contributed by atoms with Gasteiger partial charge in [0.05, 0.1) is 30.4 Å². The Labute approximate surface area is 165 Å². The van der Waals surface area contributed by atoms with Gasteiger partial charge in [-0.1, -0.05) is 13.0 Å². The molecular formula is C20H19F3N4O2. The van der Waals surface area contributed by atoms with Crippen LogP contribution in [0.1, 0.15) is 18.9 Å². The third kappa shape index (κ3) is 6.33. The molecule has 2 rings (SSSR count). The maximum absolute atomic E-state index is 13.7. The fourth-order valence-electron chi connectivity index (χ4n) is 2.62. The summed E-state index contributed by atoms with van der Waals surface area (Å²) in [5, 5.41) is 13.7. The molecule has 152 valence electrons. The largest absolute Gasteiger partial charge is 0.325 e. The first-order valence-electron chi connectivity index (χ1n) is 8.79. The van der Waals surface area contributed by atoms with E-state index in [1.54, 1.807) is 18.2 Å². The van der Waals surface area contributed by atoms with E-state index in [1.165, 1.54) is 11.0 Å². The molecular weight excluding hydrogens is 385 g/mol. The Morgan fingerprint density at radius 3 is 2.38 bits per heavy atom. The van der Waals surface area contributed by atoms with E-state index >= 15 is 0 Å². The van der Waals surface area contributed by atoms with Crippen LogP contribution in [0, 0.1) is 28.8 Å². The predicted molar refractivity (Wildman–Crippen MR) is 101 cm³/mol. The second-order valence-corrected chi connectivity index (χ2v) is 6.22. The average molecular weight is 404 g/mol. The summed E-state index contributed by atoms with van der Waals surface area (Å²) in [6.45, 7) is 1.88. The molecule has 0 saturated carbocycles. The SMILES string of the molecule is CCCN(CC(=O)Nc1cccc(C#N)c1)CC(=O)Nc1ccc(F)c(F)c1F. The number of carbonyl (C=O) groups excluding carboxylic acids is 2. The Morgan fingerprint density at radius 1 is 1.03 bits per heavy atom. The van der Waals surface area contributed by atoms with E-state index in [1.807, 2.05) is 13.0 Å². The molecule has 29 heavy (non-hydrogen) atoms. The highest BCUT2D eigenvalue weighted by atomic mass is 19.2. The Morgan fingerprint density at radius 2 is 1.72 bits per heavy atom. The fourth-order valence-corrected chi connectivity index (χ4v) is 2.62. The van der Waals surface area contributed by atoms with Crippen molar-refractivity contribution in [3.05, 3.63) is 59.4 Å². The second-order valence-electron chi connectivity index (χ2n) is 6.22. The lowest BCUT2D eigenvalue weighted by molar-refractivity contribution is -0.120. The molecule has 0 radical (unpaired) electrons. The van der Waals surface area contributed by atoms with Crippen molar-refractivity contribution in [2.45, 2.75) is 13.3 Å². The molecule has 0 fully saturated rings. The first kappa shape index (κ1) is 21.9. The van der Waals surface area contributed by atoms with Crippen LogP contribution in [-0.2, 0) is 9.59 Å². The predicted octanol–water partition coefficient (Wildman–Crippen LogP) is 3.26. The Hall–Kier alpha value is -3.38. The van der Waals surface area contributed by atoms with Crippen LogP contribution in [0.3, 0.4) is 0 Å². The summed E-state index contributed by atoms with van der Waals surface area (Å²) in [6.07, 6.45) is 0.643. The van der Waals surface area contributed by atoms with E-state index in [-0.39, 0.29) is 13.1 Å². The topological polar surface area (TPSA) is 85.2 Å². The van der Waals surface area contributed by atoms with Crippen LogP contribution in [0.4, 0.5) is 24.5 Å². The van der Waals surface area contributed by atoms with Gasteiger partial charge in [0, 0.05) is 5.69 Å². The molecule has 2 aromatic carbocycles. The molecule has 0 aromatic heterocycles. The van der Waals surface area contributed by atoms with E-state index in [0.29, 0.717) is 30.3 Å². The first-order chi connectivity index (χ1) is 13.8. The lowest BCUT2D eigenvalue weighted by atomic mass is 10.2. The number of anilines is 2. The smallest absolute Gasteiger partial charge is 0.238 e. The number of carbonyl (C=O) groups is 2. The van der Waals surface area contributed by atoms with Crippen LogP contribution in [-0.4, -0.2) is 36.3 Å². The number of nitrogens with one attached hydrogen (secondary N) is 2. The number of halogens is 3. The third-order valence-electron chi connectivity index (χ3n) is 3.86. The number of benzene rings is 2. The van der Waals surface area contributed by atoms with Crippen molar-refractivity contribution in [3.63, 3.8) is 0 Å². The summed E-state index contributed by atoms with van der Waals surface area (Å²) in [5.74, 6) is -5.60. The number of rotatable bonds is 8. The van der Waals surface area contributed by atoms with Crippen LogP contribution in [0.25, 0.3) is 0 Å². The number of hydrogen-bond donors (Lipinski definition) is 2. The molecule has 0 spiro atoms. The second kappa shape index (κ2) is 10.2. The fraction of sp³-hybridized carbons (Fsp3) is 0.250. The summed E-state index contributed by atoms with van der Waals surface area (Å²) in [7, 11) is 0. The molecule has 2 aromatic rings. The van der Waals surface area contributed by atoms with Gasteiger partial charge in [0.1, 0.15) is 0 Å². The maximum atomic E-state index is 13.7. The van der Waals surface area contributed by atoms with Gasteiger partial charge in [0.15, 0.2) is 17.5 Å². The Bertz CT molecular complexity index is 944. The first-order valence-corrected chi connectivity index (χ1v) is 8.79. The van der Waals surface area contributed by atoms with E-state index < -0.39 is 35.0 Å². The van der Waals surface area contributed by atoms with Gasteiger partial charge >= 0.3 is 0 Å². The van der Waals surface area contributed by atoms with Crippen molar-refractivity contribution in [1.29, 1.82) is 5.26 Å². The van der Waals surface area contributed by atoms with Crippen LogP contribution < -0.4 is 10.6 Å². The van der Waals surface area contributed by atoms with Gasteiger partial charge in [0.25, 0.3) is 0 Å². The molecule has 2 N–H and O–H groups in total. The van der Waals surface area contributed by atoms with E-state index in [2.05, 4.69) is 10.6 Å². The van der Waals surface area contributed by atoms with Gasteiger partial charge in [0.2, 0.25) is 11.8 Å².